The Morgan fingerprint density at radius 2 is 1.31 bits per heavy atom. The molecule has 0 aromatic carbocycles. The largest absolute Gasteiger partial charge is 0.481 e. The van der Waals surface area contributed by atoms with E-state index in [4.69, 9.17) is 29.2 Å². The molecule has 2 bridgehead atoms. The molecular weight excluding hydrogens is 875 g/mol. The molecule has 0 aromatic heterocycles. The summed E-state index contributed by atoms with van der Waals surface area (Å²) >= 11 is 0. The number of carboxylic acid groups (broad SMARTS) is 1. The third-order valence-corrected chi connectivity index (χ3v) is 12.4. The van der Waals surface area contributed by atoms with Crippen molar-refractivity contribution < 1.29 is 79.2 Å². The van der Waals surface area contributed by atoms with Gasteiger partial charge in [-0.1, -0.05) is 104 Å². The Hall–Kier alpha value is -4.05. The Bertz CT molecular complexity index is 1780. The Morgan fingerprint density at radius 3 is 1.90 bits per heavy atom. The van der Waals surface area contributed by atoms with E-state index in [1.165, 1.54) is 7.11 Å². The van der Waals surface area contributed by atoms with Crippen LogP contribution in [0.4, 0.5) is 0 Å². The van der Waals surface area contributed by atoms with Gasteiger partial charge in [-0.2, -0.15) is 0 Å². The zero-order valence-electron chi connectivity index (χ0n) is 39.0. The first kappa shape index (κ1) is 57.3. The maximum atomic E-state index is 12.7. The van der Waals surface area contributed by atoms with Crippen molar-refractivity contribution in [3.63, 3.8) is 0 Å². The molecule has 376 valence electrons. The highest BCUT2D eigenvalue weighted by Crippen LogP contribution is 2.40. The molecule has 19 nitrogen and oxygen atoms in total. The number of fused-ring (bicyclic) bond motifs is 2. The lowest BCUT2D eigenvalue weighted by molar-refractivity contribution is -0.314. The minimum absolute atomic E-state index is 0.0237. The number of aliphatic hydroxyl groups is 8. The van der Waals surface area contributed by atoms with E-state index in [1.54, 1.807) is 63.3 Å². The summed E-state index contributed by atoms with van der Waals surface area (Å²) in [4.78, 5) is 28.1. The molecular formula is C48H73N3O16. The Kier molecular flexibility index (Phi) is 24.9. The van der Waals surface area contributed by atoms with Gasteiger partial charge in [-0.3, -0.25) is 9.59 Å². The zero-order chi connectivity index (χ0) is 49.7. The van der Waals surface area contributed by atoms with E-state index in [9.17, 15) is 55.5 Å². The molecule has 3 aliphatic rings. The van der Waals surface area contributed by atoms with Crippen LogP contribution < -0.4 is 0 Å². The molecule has 3 rings (SSSR count). The Morgan fingerprint density at radius 1 is 0.716 bits per heavy atom. The number of aliphatic hydroxyl groups excluding tert-OH is 8. The van der Waals surface area contributed by atoms with Gasteiger partial charge in [0.05, 0.1) is 79.6 Å². The number of carbonyl (C=O) groups is 2. The fourth-order valence-corrected chi connectivity index (χ4v) is 8.30. The minimum Gasteiger partial charge on any atom is -0.481 e. The van der Waals surface area contributed by atoms with Crippen LogP contribution in [0, 0.1) is 17.8 Å². The number of carboxylic acids is 1. The van der Waals surface area contributed by atoms with Crippen LogP contribution in [-0.2, 0) is 33.3 Å². The monoisotopic (exact) mass is 947 g/mol. The molecule has 2 fully saturated rings. The van der Waals surface area contributed by atoms with Crippen LogP contribution in [0.15, 0.2) is 90.2 Å². The van der Waals surface area contributed by atoms with Crippen molar-refractivity contribution in [2.24, 2.45) is 22.9 Å². The fraction of sp³-hybridized carbons (Fsp3) is 0.667. The summed E-state index contributed by atoms with van der Waals surface area (Å²) in [5.74, 6) is -6.05. The van der Waals surface area contributed by atoms with Crippen LogP contribution in [0.1, 0.15) is 85.5 Å². The predicted octanol–water partition coefficient (Wildman–Crippen LogP) is 3.75. The highest BCUT2D eigenvalue weighted by Gasteiger charge is 2.51. The Balaban J connectivity index is 1.89. The van der Waals surface area contributed by atoms with Gasteiger partial charge in [0.15, 0.2) is 12.1 Å². The normalized spacial score (nSPS) is 43.2. The quantitative estimate of drug-likeness (QED) is 0.0820. The van der Waals surface area contributed by atoms with E-state index >= 15 is 0 Å². The number of carbonyl (C=O) groups excluding carboxylic acids is 1. The lowest BCUT2D eigenvalue weighted by Gasteiger charge is -2.46. The molecule has 3 heterocycles. The summed E-state index contributed by atoms with van der Waals surface area (Å²) < 4.78 is 29.7. The second-order valence-electron chi connectivity index (χ2n) is 17.7. The lowest BCUT2D eigenvalue weighted by Crippen LogP contribution is -2.57. The number of rotatable bonds is 5. The SMILES string of the molecule is COC12CC(O)CC(O)C(O)CCC(O)CC(O)CC(=O)O[C@@H](C)[C@H](C)C(O)[C@@H](C)/C=C/C=C/C=C/C=C/C=C/C=C/C=C/C(OC3C[C@@H](N=[N+]=[N-])[C@H](O)[C@@H](C)O3)C[C@H](O1)[C@H](C(=O)O)[C@@H](O)C2. The number of ether oxygens (including phenoxy) is 5. The van der Waals surface area contributed by atoms with Gasteiger partial charge in [-0.05, 0) is 38.6 Å². The second kappa shape index (κ2) is 29.1. The molecule has 0 amide bonds. The highest BCUT2D eigenvalue weighted by atomic mass is 16.7. The van der Waals surface area contributed by atoms with Gasteiger partial charge in [0.2, 0.25) is 0 Å². The third-order valence-electron chi connectivity index (χ3n) is 12.4. The molecule has 67 heavy (non-hydrogen) atoms. The number of esters is 1. The number of allylic oxidation sites excluding steroid dienone is 12. The van der Waals surface area contributed by atoms with Gasteiger partial charge in [-0.25, -0.2) is 0 Å². The molecule has 0 saturated carbocycles. The van der Waals surface area contributed by atoms with Crippen LogP contribution in [0.3, 0.4) is 0 Å². The minimum atomic E-state index is -1.77. The van der Waals surface area contributed by atoms with Crippen molar-refractivity contribution in [3.8, 4) is 0 Å². The molecule has 0 spiro atoms. The fourth-order valence-electron chi connectivity index (χ4n) is 8.30. The third kappa shape index (κ3) is 19.5. The van der Waals surface area contributed by atoms with Gasteiger partial charge in [-0.15, -0.1) is 0 Å². The van der Waals surface area contributed by atoms with Crippen LogP contribution in [-0.4, -0.2) is 156 Å². The first-order valence-electron chi connectivity index (χ1n) is 22.9. The molecule has 19 heteroatoms. The Labute approximate surface area is 392 Å². The molecule has 0 aliphatic carbocycles. The van der Waals surface area contributed by atoms with Crippen LogP contribution in [0.5, 0.6) is 0 Å². The summed E-state index contributed by atoms with van der Waals surface area (Å²) in [6, 6.07) is -0.879. The van der Waals surface area contributed by atoms with E-state index in [0.717, 1.165) is 0 Å². The number of methoxy groups -OCH3 is 1. The van der Waals surface area contributed by atoms with Crippen molar-refractivity contribution in [1.29, 1.82) is 0 Å². The van der Waals surface area contributed by atoms with Gasteiger partial charge >= 0.3 is 11.9 Å². The lowest BCUT2D eigenvalue weighted by atomic mass is 9.82. The van der Waals surface area contributed by atoms with E-state index in [2.05, 4.69) is 10.0 Å². The standard InChI is InChI=1S/C48H73N3O16/c1-29-18-16-14-12-10-8-6-7-9-11-13-15-17-19-36(66-43-26-37(50-51-49)46(60)32(4)65-43)25-41-44(47(61)62)40(57)28-48(63-5,67-41)27-35(54)23-39(56)38(55)21-20-33(52)22-34(53)24-42(58)64-31(3)30(2)45(29)59/h6-19,29-41,43-46,52-57,59-60H,20-28H2,1-5H3,(H,61,62)/b7-6+,10-8+,11-9+,14-12+,15-13+,18-16+,19-17+/t29-,30-,31-,32+,33?,34?,35?,36?,37+,38?,39?,40-,41-,43?,44+,45?,46+,48?/m0/s1. The van der Waals surface area contributed by atoms with E-state index in [0.29, 0.717) is 0 Å². The smallest absolute Gasteiger partial charge is 0.311 e. The van der Waals surface area contributed by atoms with Gasteiger partial charge in [0, 0.05) is 56.0 Å². The number of hydrogen-bond acceptors (Lipinski definition) is 16. The topological polar surface area (TPSA) is 311 Å². The second-order valence-corrected chi connectivity index (χ2v) is 17.7. The average molecular weight is 948 g/mol. The predicted molar refractivity (Wildman–Crippen MR) is 245 cm³/mol. The first-order chi connectivity index (χ1) is 31.8. The van der Waals surface area contributed by atoms with E-state index < -0.39 is 128 Å². The van der Waals surface area contributed by atoms with Gasteiger partial charge in [0.25, 0.3) is 0 Å². The molecule has 9 unspecified atom stereocenters. The highest BCUT2D eigenvalue weighted by molar-refractivity contribution is 5.71. The average Bonchev–Trinajstić information content (AvgIpc) is 3.25. The molecule has 9 N–H and O–H groups in total. The zero-order valence-corrected chi connectivity index (χ0v) is 39.0. The number of hydrogen-bond donors (Lipinski definition) is 9. The van der Waals surface area contributed by atoms with Gasteiger partial charge < -0.3 is 69.6 Å². The van der Waals surface area contributed by atoms with E-state index in [-0.39, 0.29) is 50.9 Å². The summed E-state index contributed by atoms with van der Waals surface area (Å²) in [5.41, 5.74) is 9.09. The van der Waals surface area contributed by atoms with Gasteiger partial charge in [0.1, 0.15) is 12.0 Å². The number of cyclic esters (lactones) is 1. The summed E-state index contributed by atoms with van der Waals surface area (Å²) in [6.07, 6.45) is 7.59. The molecule has 2 saturated heterocycles. The number of azide groups is 1. The summed E-state index contributed by atoms with van der Waals surface area (Å²) in [7, 11) is 1.26. The summed E-state index contributed by atoms with van der Waals surface area (Å²) in [6.45, 7) is 6.83. The molecule has 18 atom stereocenters. The maximum Gasteiger partial charge on any atom is 0.311 e. The molecule has 0 radical (unpaired) electrons. The van der Waals surface area contributed by atoms with Crippen molar-refractivity contribution in [3.05, 3.63) is 95.5 Å². The van der Waals surface area contributed by atoms with Crippen LogP contribution in [0.2, 0.25) is 0 Å². The van der Waals surface area contributed by atoms with Crippen molar-refractivity contribution in [2.75, 3.05) is 7.11 Å². The van der Waals surface area contributed by atoms with Crippen molar-refractivity contribution in [2.45, 2.75) is 177 Å². The van der Waals surface area contributed by atoms with E-state index in [1.807, 2.05) is 49.5 Å². The van der Waals surface area contributed by atoms with Crippen LogP contribution >= 0.6 is 0 Å². The number of nitrogens with zero attached hydrogens (tertiary/aromatic N) is 3. The summed E-state index contributed by atoms with van der Waals surface area (Å²) in [5, 5.41) is 101. The van der Waals surface area contributed by atoms with Crippen LogP contribution in [0.25, 0.3) is 10.4 Å². The molecule has 3 aliphatic heterocycles. The molecule has 0 aromatic rings. The first-order valence-corrected chi connectivity index (χ1v) is 22.9. The maximum absolute atomic E-state index is 12.7. The number of aliphatic carboxylic acids is 1. The van der Waals surface area contributed by atoms with Crippen molar-refractivity contribution >= 4 is 11.9 Å². The van der Waals surface area contributed by atoms with Crippen molar-refractivity contribution in [1.82, 2.24) is 0 Å².